The van der Waals surface area contributed by atoms with Crippen LogP contribution in [0.4, 0.5) is 8.78 Å². The van der Waals surface area contributed by atoms with E-state index in [-0.39, 0.29) is 18.0 Å². The zero-order valence-corrected chi connectivity index (χ0v) is 9.00. The van der Waals surface area contributed by atoms with Gasteiger partial charge in [-0.1, -0.05) is 18.2 Å². The zero-order valence-electron chi connectivity index (χ0n) is 8.18. The number of rotatable bonds is 3. The first-order valence-corrected chi connectivity index (χ1v) is 4.16. The molecule has 14 heavy (non-hydrogen) atoms. The summed E-state index contributed by atoms with van der Waals surface area (Å²) in [5.41, 5.74) is 0.946. The Kier molecular flexibility index (Phi) is 5.02. The smallest absolute Gasteiger partial charge is 0.270 e. The fourth-order valence-electron chi connectivity index (χ4n) is 1.16. The van der Waals surface area contributed by atoms with Gasteiger partial charge in [0.1, 0.15) is 0 Å². The monoisotopic (exact) mass is 221 g/mol. The molecule has 1 aromatic rings. The molecule has 4 heteroatoms. The number of benzene rings is 1. The first-order chi connectivity index (χ1) is 6.04. The predicted octanol–water partition coefficient (Wildman–Crippen LogP) is 2.94. The summed E-state index contributed by atoms with van der Waals surface area (Å²) in [7, 11) is 1.79. The van der Waals surface area contributed by atoms with Crippen LogP contribution in [0.25, 0.3) is 0 Å². The van der Waals surface area contributed by atoms with Gasteiger partial charge in [-0.05, 0) is 18.7 Å². The van der Waals surface area contributed by atoms with Gasteiger partial charge >= 0.3 is 0 Å². The standard InChI is InChI=1S/C10H13F2N.ClH/c1-10(11,12)9-5-3-4-8(6-9)7-13-2;/h3-6,13H,7H2,1-2H3;1H. The number of hydrogen-bond donors (Lipinski definition) is 1. The van der Waals surface area contributed by atoms with Crippen LogP contribution in [0.2, 0.25) is 0 Å². The summed E-state index contributed by atoms with van der Waals surface area (Å²) in [6.45, 7) is 1.52. The summed E-state index contributed by atoms with van der Waals surface area (Å²) in [6.07, 6.45) is 0. The second kappa shape index (κ2) is 5.27. The fourth-order valence-corrected chi connectivity index (χ4v) is 1.16. The summed E-state index contributed by atoms with van der Waals surface area (Å²) < 4.78 is 25.7. The fraction of sp³-hybridized carbons (Fsp3) is 0.400. The van der Waals surface area contributed by atoms with E-state index in [0.29, 0.717) is 6.54 Å². The van der Waals surface area contributed by atoms with E-state index in [2.05, 4.69) is 5.32 Å². The third-order valence-corrected chi connectivity index (χ3v) is 1.81. The maximum Gasteiger partial charge on any atom is 0.270 e. The highest BCUT2D eigenvalue weighted by Gasteiger charge is 2.23. The highest BCUT2D eigenvalue weighted by Crippen LogP contribution is 2.27. The summed E-state index contributed by atoms with van der Waals surface area (Å²) >= 11 is 0. The molecule has 80 valence electrons. The van der Waals surface area contributed by atoms with Crippen LogP contribution in [0.3, 0.4) is 0 Å². The molecule has 1 N–H and O–H groups in total. The number of hydrogen-bond acceptors (Lipinski definition) is 1. The lowest BCUT2D eigenvalue weighted by molar-refractivity contribution is 0.0174. The summed E-state index contributed by atoms with van der Waals surface area (Å²) in [5, 5.41) is 2.92. The van der Waals surface area contributed by atoms with E-state index in [4.69, 9.17) is 0 Å². The van der Waals surface area contributed by atoms with Crippen LogP contribution in [0, 0.1) is 0 Å². The van der Waals surface area contributed by atoms with Crippen molar-refractivity contribution in [2.45, 2.75) is 19.4 Å². The molecule has 0 aromatic heterocycles. The lowest BCUT2D eigenvalue weighted by Gasteiger charge is -2.11. The number of nitrogens with one attached hydrogen (secondary N) is 1. The second-order valence-electron chi connectivity index (χ2n) is 3.12. The first kappa shape index (κ1) is 13.3. The number of halogens is 3. The topological polar surface area (TPSA) is 12.0 Å². The van der Waals surface area contributed by atoms with Crippen LogP contribution in [-0.2, 0) is 12.5 Å². The van der Waals surface area contributed by atoms with Crippen molar-refractivity contribution in [3.63, 3.8) is 0 Å². The van der Waals surface area contributed by atoms with E-state index in [0.717, 1.165) is 12.5 Å². The average molecular weight is 222 g/mol. The minimum Gasteiger partial charge on any atom is -0.316 e. The SMILES string of the molecule is CNCc1cccc(C(C)(F)F)c1.Cl. The van der Waals surface area contributed by atoms with E-state index in [1.807, 2.05) is 6.07 Å². The molecule has 1 rings (SSSR count). The van der Waals surface area contributed by atoms with Crippen molar-refractivity contribution in [1.29, 1.82) is 0 Å². The molecule has 1 nitrogen and oxygen atoms in total. The highest BCUT2D eigenvalue weighted by atomic mass is 35.5. The van der Waals surface area contributed by atoms with E-state index < -0.39 is 5.92 Å². The van der Waals surface area contributed by atoms with Gasteiger partial charge < -0.3 is 5.32 Å². The Bertz CT molecular complexity index is 284. The van der Waals surface area contributed by atoms with Crippen LogP contribution < -0.4 is 5.32 Å². The zero-order chi connectivity index (χ0) is 9.90. The van der Waals surface area contributed by atoms with Crippen molar-refractivity contribution >= 4 is 12.4 Å². The van der Waals surface area contributed by atoms with Gasteiger partial charge in [0, 0.05) is 19.0 Å². The number of alkyl halides is 2. The Hall–Kier alpha value is -0.670. The maximum absolute atomic E-state index is 12.9. The minimum atomic E-state index is -2.75. The molecule has 0 fully saturated rings. The minimum absolute atomic E-state index is 0. The van der Waals surface area contributed by atoms with Crippen LogP contribution in [0.15, 0.2) is 24.3 Å². The molecule has 0 heterocycles. The first-order valence-electron chi connectivity index (χ1n) is 4.16. The van der Waals surface area contributed by atoms with E-state index >= 15 is 0 Å². The lowest BCUT2D eigenvalue weighted by atomic mass is 10.1. The Morgan fingerprint density at radius 3 is 2.50 bits per heavy atom. The van der Waals surface area contributed by atoms with Gasteiger partial charge in [-0.25, -0.2) is 8.78 Å². The third kappa shape index (κ3) is 3.60. The van der Waals surface area contributed by atoms with E-state index in [1.165, 1.54) is 12.1 Å². The average Bonchev–Trinajstić information content (AvgIpc) is 2.04. The molecule has 0 amide bonds. The van der Waals surface area contributed by atoms with Gasteiger partial charge in [-0.3, -0.25) is 0 Å². The Labute approximate surface area is 88.9 Å². The molecule has 0 saturated carbocycles. The van der Waals surface area contributed by atoms with Crippen LogP contribution in [0.5, 0.6) is 0 Å². The second-order valence-corrected chi connectivity index (χ2v) is 3.12. The van der Waals surface area contributed by atoms with Gasteiger partial charge in [0.05, 0.1) is 0 Å². The predicted molar refractivity (Wildman–Crippen MR) is 56.0 cm³/mol. The van der Waals surface area contributed by atoms with Gasteiger partial charge in [0.25, 0.3) is 5.92 Å². The molecule has 0 spiro atoms. The molecule has 0 atom stereocenters. The lowest BCUT2D eigenvalue weighted by Crippen LogP contribution is -2.09. The van der Waals surface area contributed by atoms with Crippen molar-refractivity contribution in [3.8, 4) is 0 Å². The molecule has 0 unspecified atom stereocenters. The van der Waals surface area contributed by atoms with Crippen LogP contribution in [-0.4, -0.2) is 7.05 Å². The quantitative estimate of drug-likeness (QED) is 0.828. The largest absolute Gasteiger partial charge is 0.316 e. The van der Waals surface area contributed by atoms with Crippen molar-refractivity contribution in [1.82, 2.24) is 5.32 Å². The van der Waals surface area contributed by atoms with Crippen molar-refractivity contribution < 1.29 is 8.78 Å². The van der Waals surface area contributed by atoms with Crippen LogP contribution >= 0.6 is 12.4 Å². The van der Waals surface area contributed by atoms with Crippen molar-refractivity contribution in [2.24, 2.45) is 0 Å². The molecule has 0 radical (unpaired) electrons. The van der Waals surface area contributed by atoms with Gasteiger partial charge in [-0.15, -0.1) is 12.4 Å². The molecular formula is C10H14ClF2N. The summed E-state index contributed by atoms with van der Waals surface area (Å²) in [4.78, 5) is 0. The maximum atomic E-state index is 12.9. The van der Waals surface area contributed by atoms with Crippen LogP contribution in [0.1, 0.15) is 18.1 Å². The highest BCUT2D eigenvalue weighted by molar-refractivity contribution is 5.85. The van der Waals surface area contributed by atoms with Crippen molar-refractivity contribution in [2.75, 3.05) is 7.05 Å². The molecule has 1 aromatic carbocycles. The Morgan fingerprint density at radius 2 is 2.00 bits per heavy atom. The molecule has 0 aliphatic rings. The Balaban J connectivity index is 0.00000169. The molecular weight excluding hydrogens is 208 g/mol. The molecule has 0 bridgehead atoms. The van der Waals surface area contributed by atoms with E-state index in [9.17, 15) is 8.78 Å². The molecule has 0 aliphatic carbocycles. The molecule has 0 saturated heterocycles. The summed E-state index contributed by atoms with van der Waals surface area (Å²) in [6, 6.07) is 6.45. The molecule has 0 aliphatic heterocycles. The van der Waals surface area contributed by atoms with E-state index in [1.54, 1.807) is 13.1 Å². The van der Waals surface area contributed by atoms with Crippen molar-refractivity contribution in [3.05, 3.63) is 35.4 Å². The van der Waals surface area contributed by atoms with Gasteiger partial charge in [0.15, 0.2) is 0 Å². The summed E-state index contributed by atoms with van der Waals surface area (Å²) in [5.74, 6) is -2.75. The third-order valence-electron chi connectivity index (χ3n) is 1.81. The van der Waals surface area contributed by atoms with Gasteiger partial charge in [0.2, 0.25) is 0 Å². The Morgan fingerprint density at radius 1 is 1.36 bits per heavy atom. The van der Waals surface area contributed by atoms with Gasteiger partial charge in [-0.2, -0.15) is 0 Å². The normalized spacial score (nSPS) is 10.9.